The zero-order valence-corrected chi connectivity index (χ0v) is 11.1. The van der Waals surface area contributed by atoms with E-state index in [9.17, 15) is 5.11 Å². The number of hydrogen-bond acceptors (Lipinski definition) is 2. The second-order valence-corrected chi connectivity index (χ2v) is 9.96. The van der Waals surface area contributed by atoms with Gasteiger partial charge in [-0.3, -0.25) is 4.98 Å². The van der Waals surface area contributed by atoms with Gasteiger partial charge in [0.2, 0.25) is 0 Å². The Morgan fingerprint density at radius 1 is 1.44 bits per heavy atom. The van der Waals surface area contributed by atoms with Gasteiger partial charge in [-0.1, -0.05) is 25.7 Å². The molecule has 0 saturated carbocycles. The lowest BCUT2D eigenvalue weighted by Crippen LogP contribution is -2.49. The molecule has 1 atom stereocenters. The van der Waals surface area contributed by atoms with Gasteiger partial charge < -0.3 is 10.6 Å². The van der Waals surface area contributed by atoms with Crippen molar-refractivity contribution in [2.24, 2.45) is 0 Å². The van der Waals surface area contributed by atoms with Gasteiger partial charge in [0.05, 0.1) is 5.69 Å². The van der Waals surface area contributed by atoms with Gasteiger partial charge in [-0.2, -0.15) is 4.79 Å². The molecule has 1 aromatic heterocycles. The molecule has 0 spiro atoms. The molecule has 0 saturated heterocycles. The lowest BCUT2D eigenvalue weighted by molar-refractivity contribution is -0.0328. The van der Waals surface area contributed by atoms with E-state index in [2.05, 4.69) is 9.77 Å². The Morgan fingerprint density at radius 2 is 2.06 bits per heavy atom. The molecule has 0 amide bonds. The third-order valence-electron chi connectivity index (χ3n) is 2.44. The van der Waals surface area contributed by atoms with Crippen LogP contribution in [0, 0.1) is 0 Å². The molecule has 0 aromatic carbocycles. The predicted octanol–water partition coefficient (Wildman–Crippen LogP) is 1.84. The first-order valence-electron chi connectivity index (χ1n) is 5.17. The Balaban J connectivity index is 3.27. The van der Waals surface area contributed by atoms with Gasteiger partial charge >= 0.3 is 0 Å². The minimum Gasteiger partial charge on any atom is -0.373 e. The van der Waals surface area contributed by atoms with Crippen molar-refractivity contribution in [1.29, 1.82) is 0 Å². The maximum absolute atomic E-state index is 10.5. The van der Waals surface area contributed by atoms with Gasteiger partial charge in [-0.05, 0) is 19.1 Å². The lowest BCUT2D eigenvalue weighted by Gasteiger charge is -2.24. The normalized spacial score (nSPS) is 15.1. The molecule has 86 valence electrons. The molecular formula is C11H17N3OSi. The first-order chi connectivity index (χ1) is 7.30. The molecule has 1 aromatic rings. The zero-order valence-electron chi connectivity index (χ0n) is 10.1. The van der Waals surface area contributed by atoms with Crippen LogP contribution in [0.2, 0.25) is 19.6 Å². The van der Waals surface area contributed by atoms with E-state index < -0.39 is 13.7 Å². The summed E-state index contributed by atoms with van der Waals surface area (Å²) in [6.07, 6.45) is 1.61. The van der Waals surface area contributed by atoms with E-state index in [1.807, 2.05) is 19.6 Å². The quantitative estimate of drug-likeness (QED) is 0.376. The molecular weight excluding hydrogens is 218 g/mol. The molecule has 0 aliphatic rings. The van der Waals surface area contributed by atoms with Crippen LogP contribution >= 0.6 is 0 Å². The molecule has 1 heterocycles. The highest BCUT2D eigenvalue weighted by Crippen LogP contribution is 2.24. The summed E-state index contributed by atoms with van der Waals surface area (Å²) in [5.74, 6) is 0. The van der Waals surface area contributed by atoms with E-state index >= 15 is 0 Å². The third-order valence-corrected chi connectivity index (χ3v) is 4.44. The van der Waals surface area contributed by atoms with Crippen molar-refractivity contribution in [2.75, 3.05) is 0 Å². The number of aromatic nitrogens is 1. The molecule has 0 aliphatic heterocycles. The summed E-state index contributed by atoms with van der Waals surface area (Å²) in [5, 5.41) is 10.9. The highest BCUT2D eigenvalue weighted by molar-refractivity contribution is 7.04. The van der Waals surface area contributed by atoms with E-state index in [0.717, 1.165) is 0 Å². The van der Waals surface area contributed by atoms with Crippen LogP contribution in [0.5, 0.6) is 0 Å². The van der Waals surface area contributed by atoms with Crippen molar-refractivity contribution >= 4 is 13.4 Å². The largest absolute Gasteiger partial charge is 0.373 e. The van der Waals surface area contributed by atoms with Crippen LogP contribution < -0.4 is 0 Å². The summed E-state index contributed by atoms with van der Waals surface area (Å²) in [7, 11) is -1.89. The molecule has 1 rings (SSSR count). The highest BCUT2D eigenvalue weighted by atomic mass is 28.3. The SMILES string of the molecule is CC(O)(C(=[N+]=[N-])[Si](C)(C)C)c1ccccn1. The molecule has 5 heteroatoms. The molecule has 0 aliphatic carbocycles. The number of aliphatic hydroxyl groups is 1. The Kier molecular flexibility index (Phi) is 3.43. The Morgan fingerprint density at radius 3 is 2.44 bits per heavy atom. The van der Waals surface area contributed by atoms with Gasteiger partial charge in [0.15, 0.2) is 13.7 Å². The molecule has 0 radical (unpaired) electrons. The smallest absolute Gasteiger partial charge is 0.272 e. The summed E-state index contributed by atoms with van der Waals surface area (Å²) < 4.78 is 0. The Labute approximate surface area is 96.6 Å². The van der Waals surface area contributed by atoms with Crippen LogP contribution in [0.15, 0.2) is 24.4 Å². The van der Waals surface area contributed by atoms with Crippen molar-refractivity contribution in [1.82, 2.24) is 4.98 Å². The van der Waals surface area contributed by atoms with Crippen LogP contribution in [0.1, 0.15) is 12.6 Å². The van der Waals surface area contributed by atoms with Gasteiger partial charge in [0.1, 0.15) is 0 Å². The Bertz CT molecular complexity index is 417. The van der Waals surface area contributed by atoms with Crippen molar-refractivity contribution in [2.45, 2.75) is 32.2 Å². The monoisotopic (exact) mass is 235 g/mol. The van der Waals surface area contributed by atoms with E-state index in [1.165, 1.54) is 0 Å². The van der Waals surface area contributed by atoms with Gasteiger partial charge in [0, 0.05) is 6.20 Å². The maximum atomic E-state index is 10.5. The van der Waals surface area contributed by atoms with Crippen LogP contribution in [-0.2, 0) is 5.60 Å². The summed E-state index contributed by atoms with van der Waals surface area (Å²) >= 11 is 0. The fourth-order valence-electron chi connectivity index (χ4n) is 1.75. The molecule has 4 nitrogen and oxygen atoms in total. The minimum atomic E-state index is -1.89. The first kappa shape index (κ1) is 12.8. The van der Waals surface area contributed by atoms with E-state index in [-0.39, 0.29) is 0 Å². The summed E-state index contributed by atoms with van der Waals surface area (Å²) in [5.41, 5.74) is 8.29. The second kappa shape index (κ2) is 4.29. The second-order valence-electron chi connectivity index (χ2n) is 4.99. The highest BCUT2D eigenvalue weighted by Gasteiger charge is 2.46. The van der Waals surface area contributed by atoms with Crippen molar-refractivity contribution in [3.63, 3.8) is 0 Å². The first-order valence-corrected chi connectivity index (χ1v) is 8.67. The average Bonchev–Trinajstić information content (AvgIpc) is 2.17. The predicted molar refractivity (Wildman–Crippen MR) is 65.8 cm³/mol. The van der Waals surface area contributed by atoms with Crippen molar-refractivity contribution in [3.05, 3.63) is 35.6 Å². The minimum absolute atomic E-state index is 0.429. The fraction of sp³-hybridized carbons (Fsp3) is 0.455. The third kappa shape index (κ3) is 2.44. The fourth-order valence-corrected chi connectivity index (χ4v) is 3.64. The Hall–Kier alpha value is -1.29. The zero-order chi connectivity index (χ0) is 12.4. The standard InChI is InChI=1S/C11H17N3OSi/c1-11(15,9-7-5-6-8-13-9)10(14-12)16(2,3)4/h5-8,15H,1-4H3. The molecule has 16 heavy (non-hydrogen) atoms. The van der Waals surface area contributed by atoms with Crippen molar-refractivity contribution < 1.29 is 9.90 Å². The van der Waals surface area contributed by atoms with E-state index in [0.29, 0.717) is 11.0 Å². The van der Waals surface area contributed by atoms with Crippen LogP contribution in [-0.4, -0.2) is 28.3 Å². The van der Waals surface area contributed by atoms with Crippen LogP contribution in [0.3, 0.4) is 0 Å². The average molecular weight is 235 g/mol. The summed E-state index contributed by atoms with van der Waals surface area (Å²) in [4.78, 5) is 7.41. The van der Waals surface area contributed by atoms with Crippen LogP contribution in [0.4, 0.5) is 0 Å². The molecule has 1 unspecified atom stereocenters. The maximum Gasteiger partial charge on any atom is 0.272 e. The summed E-state index contributed by atoms with van der Waals surface area (Å²) in [6.45, 7) is 7.65. The molecule has 0 fully saturated rings. The van der Waals surface area contributed by atoms with Crippen LogP contribution in [0.25, 0.3) is 5.53 Å². The number of pyridine rings is 1. The van der Waals surface area contributed by atoms with Gasteiger partial charge in [0.25, 0.3) is 5.33 Å². The molecule has 0 bridgehead atoms. The van der Waals surface area contributed by atoms with Crippen molar-refractivity contribution in [3.8, 4) is 0 Å². The van der Waals surface area contributed by atoms with Gasteiger partial charge in [-0.15, -0.1) is 0 Å². The lowest BCUT2D eigenvalue weighted by atomic mass is 10.0. The van der Waals surface area contributed by atoms with E-state index in [1.54, 1.807) is 31.3 Å². The number of rotatable bonds is 3. The number of nitrogens with zero attached hydrogens (tertiary/aromatic N) is 3. The van der Waals surface area contributed by atoms with E-state index in [4.69, 9.17) is 5.53 Å². The topological polar surface area (TPSA) is 69.5 Å². The number of hydrogen-bond donors (Lipinski definition) is 1. The van der Waals surface area contributed by atoms with Gasteiger partial charge in [-0.25, -0.2) is 0 Å². The molecule has 1 N–H and O–H groups in total. The summed E-state index contributed by atoms with van der Waals surface area (Å²) in [6, 6.07) is 5.31.